The van der Waals surface area contributed by atoms with E-state index in [1.165, 1.54) is 5.69 Å². The number of benzene rings is 3. The molecule has 6 nitrogen and oxygen atoms in total. The molecule has 0 unspecified atom stereocenters. The van der Waals surface area contributed by atoms with E-state index in [1.54, 1.807) is 0 Å². The second-order valence-electron chi connectivity index (χ2n) is 9.30. The van der Waals surface area contributed by atoms with Gasteiger partial charge in [0, 0.05) is 48.0 Å². The van der Waals surface area contributed by atoms with Crippen LogP contribution in [0.4, 0.5) is 11.4 Å². The number of morpholine rings is 1. The van der Waals surface area contributed by atoms with Gasteiger partial charge in [0.05, 0.1) is 41.7 Å². The van der Waals surface area contributed by atoms with E-state index in [2.05, 4.69) is 60.5 Å². The lowest BCUT2D eigenvalue weighted by Crippen LogP contribution is -2.45. The summed E-state index contributed by atoms with van der Waals surface area (Å²) in [4.78, 5) is 7.25. The third kappa shape index (κ3) is 4.76. The van der Waals surface area contributed by atoms with E-state index in [0.29, 0.717) is 12.1 Å². The van der Waals surface area contributed by atoms with Gasteiger partial charge in [0.25, 0.3) is 0 Å². The van der Waals surface area contributed by atoms with Crippen molar-refractivity contribution >= 4 is 22.3 Å². The maximum absolute atomic E-state index is 9.55. The lowest BCUT2D eigenvalue weighted by atomic mass is 9.97. The third-order valence-electron chi connectivity index (χ3n) is 6.60. The highest BCUT2D eigenvalue weighted by molar-refractivity contribution is 6.05. The smallest absolute Gasteiger partial charge is 0.0991 e. The van der Waals surface area contributed by atoms with E-state index in [1.807, 2.05) is 42.6 Å². The third-order valence-corrected chi connectivity index (χ3v) is 6.60. The van der Waals surface area contributed by atoms with Gasteiger partial charge in [0.1, 0.15) is 0 Å². The summed E-state index contributed by atoms with van der Waals surface area (Å²) in [6, 6.07) is 24.5. The molecule has 1 aliphatic heterocycles. The van der Waals surface area contributed by atoms with E-state index >= 15 is 0 Å². The molecule has 3 aromatic carbocycles. The van der Waals surface area contributed by atoms with Crippen LogP contribution in [0.2, 0.25) is 0 Å². The van der Waals surface area contributed by atoms with Crippen LogP contribution in [-0.4, -0.2) is 48.5 Å². The second kappa shape index (κ2) is 10.4. The van der Waals surface area contributed by atoms with Crippen molar-refractivity contribution in [3.63, 3.8) is 0 Å². The first-order chi connectivity index (χ1) is 17.6. The zero-order valence-corrected chi connectivity index (χ0v) is 20.6. The van der Waals surface area contributed by atoms with Gasteiger partial charge >= 0.3 is 0 Å². The van der Waals surface area contributed by atoms with Crippen LogP contribution in [0.3, 0.4) is 0 Å². The zero-order chi connectivity index (χ0) is 25.1. The standard InChI is InChI=1S/C30H30N4O2/c1-20-18-34(19-21(2)36-20)25-12-10-24(11-13-25)28-17-33-29-26(23-8-6-22(16-31)7-9-23)4-3-5-27(29)30(28)32-14-15-35/h3-13,17,20-21,35H,14-15,18-19H2,1-2H3,(H,32,33)/t20-,21+. The Balaban J connectivity index is 1.55. The molecule has 4 aromatic rings. The van der Waals surface area contributed by atoms with E-state index in [9.17, 15) is 5.11 Å². The predicted octanol–water partition coefficient (Wildman–Crippen LogP) is 5.46. The molecule has 182 valence electrons. The first kappa shape index (κ1) is 23.8. The topological polar surface area (TPSA) is 81.4 Å². The Kier molecular flexibility index (Phi) is 6.86. The van der Waals surface area contributed by atoms with Gasteiger partial charge in [-0.25, -0.2) is 0 Å². The van der Waals surface area contributed by atoms with Crippen molar-refractivity contribution in [2.75, 3.05) is 36.5 Å². The number of fused-ring (bicyclic) bond motifs is 1. The van der Waals surface area contributed by atoms with Gasteiger partial charge in [0.15, 0.2) is 0 Å². The quantitative estimate of drug-likeness (QED) is 0.383. The molecule has 0 amide bonds. The largest absolute Gasteiger partial charge is 0.395 e. The number of anilines is 2. The normalized spacial score (nSPS) is 17.7. The molecule has 6 heteroatoms. The van der Waals surface area contributed by atoms with Gasteiger partial charge in [-0.05, 0) is 49.2 Å². The zero-order valence-electron chi connectivity index (χ0n) is 20.6. The summed E-state index contributed by atoms with van der Waals surface area (Å²) in [5.41, 5.74) is 7.69. The molecule has 0 saturated carbocycles. The molecule has 1 fully saturated rings. The van der Waals surface area contributed by atoms with Crippen LogP contribution in [0.15, 0.2) is 72.9 Å². The number of ether oxygens (including phenoxy) is 1. The molecule has 2 atom stereocenters. The average molecular weight is 479 g/mol. The number of nitrogens with zero attached hydrogens (tertiary/aromatic N) is 3. The minimum atomic E-state index is 0.0326. The summed E-state index contributed by atoms with van der Waals surface area (Å²) in [5, 5.41) is 23.1. The van der Waals surface area contributed by atoms with Gasteiger partial charge in [-0.15, -0.1) is 0 Å². The predicted molar refractivity (Wildman–Crippen MR) is 145 cm³/mol. The van der Waals surface area contributed by atoms with E-state index < -0.39 is 0 Å². The van der Waals surface area contributed by atoms with Gasteiger partial charge in [0.2, 0.25) is 0 Å². The molecular weight excluding hydrogens is 448 g/mol. The molecule has 0 radical (unpaired) electrons. The Labute approximate surface area is 211 Å². The molecule has 0 bridgehead atoms. The summed E-state index contributed by atoms with van der Waals surface area (Å²) in [6.45, 7) is 6.46. The molecule has 1 saturated heterocycles. The minimum absolute atomic E-state index is 0.0326. The van der Waals surface area contributed by atoms with Crippen LogP contribution in [0.5, 0.6) is 0 Å². The Hall–Kier alpha value is -3.92. The lowest BCUT2D eigenvalue weighted by Gasteiger charge is -2.37. The van der Waals surface area contributed by atoms with Crippen molar-refractivity contribution in [3.05, 3.63) is 78.5 Å². The number of aliphatic hydroxyl groups is 1. The van der Waals surface area contributed by atoms with Crippen LogP contribution in [0.1, 0.15) is 19.4 Å². The average Bonchev–Trinajstić information content (AvgIpc) is 2.91. The maximum atomic E-state index is 9.55. The van der Waals surface area contributed by atoms with Gasteiger partial charge in [-0.1, -0.05) is 42.5 Å². The number of hydrogen-bond donors (Lipinski definition) is 2. The van der Waals surface area contributed by atoms with E-state index in [4.69, 9.17) is 15.0 Å². The summed E-state index contributed by atoms with van der Waals surface area (Å²) >= 11 is 0. The molecule has 0 aliphatic carbocycles. The highest BCUT2D eigenvalue weighted by atomic mass is 16.5. The fraction of sp³-hybridized carbons (Fsp3) is 0.267. The summed E-state index contributed by atoms with van der Waals surface area (Å²) in [5.74, 6) is 0. The van der Waals surface area contributed by atoms with Gasteiger partial charge in [-0.2, -0.15) is 5.26 Å². The Bertz CT molecular complexity index is 1380. The van der Waals surface area contributed by atoms with Crippen LogP contribution in [-0.2, 0) is 4.74 Å². The highest BCUT2D eigenvalue weighted by Gasteiger charge is 2.22. The number of nitriles is 1. The van der Waals surface area contributed by atoms with E-state index in [-0.39, 0.29) is 18.8 Å². The van der Waals surface area contributed by atoms with Crippen molar-refractivity contribution in [1.82, 2.24) is 4.98 Å². The molecule has 2 N–H and O–H groups in total. The molecule has 36 heavy (non-hydrogen) atoms. The van der Waals surface area contributed by atoms with Crippen LogP contribution < -0.4 is 10.2 Å². The number of rotatable bonds is 6. The Morgan fingerprint density at radius 3 is 2.31 bits per heavy atom. The maximum Gasteiger partial charge on any atom is 0.0991 e. The molecule has 1 aromatic heterocycles. The molecule has 2 heterocycles. The van der Waals surface area contributed by atoms with Crippen LogP contribution >= 0.6 is 0 Å². The molecular formula is C30H30N4O2. The number of hydrogen-bond acceptors (Lipinski definition) is 6. The number of pyridine rings is 1. The first-order valence-electron chi connectivity index (χ1n) is 12.3. The fourth-order valence-corrected chi connectivity index (χ4v) is 5.01. The molecule has 5 rings (SSSR count). The van der Waals surface area contributed by atoms with Crippen molar-refractivity contribution in [2.24, 2.45) is 0 Å². The number of aliphatic hydroxyl groups excluding tert-OH is 1. The fourth-order valence-electron chi connectivity index (χ4n) is 5.01. The van der Waals surface area contributed by atoms with Crippen molar-refractivity contribution in [2.45, 2.75) is 26.1 Å². The number of nitrogens with one attached hydrogen (secondary N) is 1. The Morgan fingerprint density at radius 2 is 1.64 bits per heavy atom. The molecule has 0 spiro atoms. The van der Waals surface area contributed by atoms with Gasteiger partial charge < -0.3 is 20.1 Å². The van der Waals surface area contributed by atoms with Gasteiger partial charge in [-0.3, -0.25) is 4.98 Å². The highest BCUT2D eigenvalue weighted by Crippen LogP contribution is 2.38. The Morgan fingerprint density at radius 1 is 0.972 bits per heavy atom. The summed E-state index contributed by atoms with van der Waals surface area (Å²) < 4.78 is 5.89. The van der Waals surface area contributed by atoms with Crippen LogP contribution in [0.25, 0.3) is 33.2 Å². The second-order valence-corrected chi connectivity index (χ2v) is 9.30. The number of aromatic nitrogens is 1. The molecule has 1 aliphatic rings. The lowest BCUT2D eigenvalue weighted by molar-refractivity contribution is -0.00521. The van der Waals surface area contributed by atoms with E-state index in [0.717, 1.165) is 51.9 Å². The SMILES string of the molecule is C[C@@H]1CN(c2ccc(-c3cnc4c(-c5ccc(C#N)cc5)cccc4c3NCCO)cc2)C[C@H](C)O1. The van der Waals surface area contributed by atoms with Crippen LogP contribution in [0, 0.1) is 11.3 Å². The summed E-state index contributed by atoms with van der Waals surface area (Å²) in [7, 11) is 0. The summed E-state index contributed by atoms with van der Waals surface area (Å²) in [6.07, 6.45) is 2.32. The van der Waals surface area contributed by atoms with Crippen molar-refractivity contribution < 1.29 is 9.84 Å². The van der Waals surface area contributed by atoms with Crippen molar-refractivity contribution in [3.8, 4) is 28.3 Å². The number of para-hydroxylation sites is 1. The van der Waals surface area contributed by atoms with Crippen molar-refractivity contribution in [1.29, 1.82) is 5.26 Å². The minimum Gasteiger partial charge on any atom is -0.395 e. The monoisotopic (exact) mass is 478 g/mol. The first-order valence-corrected chi connectivity index (χ1v) is 12.3.